The van der Waals surface area contributed by atoms with Gasteiger partial charge in [-0.1, -0.05) is 6.42 Å². The van der Waals surface area contributed by atoms with Gasteiger partial charge < -0.3 is 5.11 Å². The second-order valence-corrected chi connectivity index (χ2v) is 8.12. The van der Waals surface area contributed by atoms with Crippen LogP contribution in [0.4, 0.5) is 0 Å². The van der Waals surface area contributed by atoms with Gasteiger partial charge in [-0.25, -0.2) is 0 Å². The summed E-state index contributed by atoms with van der Waals surface area (Å²) < 4.78 is 29.0. The van der Waals surface area contributed by atoms with Crippen LogP contribution in [-0.4, -0.2) is 42.9 Å². The van der Waals surface area contributed by atoms with Crippen molar-refractivity contribution >= 4 is 16.2 Å². The molecule has 2 N–H and O–H groups in total. The zero-order valence-electron chi connectivity index (χ0n) is 11.5. The Morgan fingerprint density at radius 2 is 1.80 bits per heavy atom. The predicted octanol–water partition coefficient (Wildman–Crippen LogP) is 0.806. The average molecular weight is 302 g/mol. The molecular formula is C13H22N2O4S. The minimum Gasteiger partial charge on any atom is -0.481 e. The first-order chi connectivity index (χ1) is 9.45. The Labute approximate surface area is 119 Å². The Morgan fingerprint density at radius 1 is 1.10 bits per heavy atom. The molecule has 114 valence electrons. The van der Waals surface area contributed by atoms with Crippen LogP contribution in [0.2, 0.25) is 0 Å². The third kappa shape index (κ3) is 2.71. The maximum atomic E-state index is 12.4. The molecule has 7 heteroatoms. The first kappa shape index (κ1) is 14.3. The maximum absolute atomic E-state index is 12.4. The Hall–Kier alpha value is -0.660. The summed E-state index contributed by atoms with van der Waals surface area (Å²) in [6.45, 7) is 0.625. The lowest BCUT2D eigenvalue weighted by atomic mass is 9.96. The molecule has 20 heavy (non-hydrogen) atoms. The number of carbonyl (C=O) groups is 1. The van der Waals surface area contributed by atoms with E-state index >= 15 is 0 Å². The van der Waals surface area contributed by atoms with Crippen molar-refractivity contribution < 1.29 is 18.3 Å². The van der Waals surface area contributed by atoms with Crippen molar-refractivity contribution in [2.45, 2.75) is 44.6 Å². The summed E-state index contributed by atoms with van der Waals surface area (Å²) in [6, 6.07) is 0.0935. The number of carboxylic acids is 1. The number of nitrogens with zero attached hydrogens (tertiary/aromatic N) is 1. The molecule has 1 aliphatic heterocycles. The lowest BCUT2D eigenvalue weighted by Crippen LogP contribution is -2.50. The van der Waals surface area contributed by atoms with E-state index in [0.717, 1.165) is 19.3 Å². The summed E-state index contributed by atoms with van der Waals surface area (Å²) >= 11 is 0. The second kappa shape index (κ2) is 5.27. The van der Waals surface area contributed by atoms with Crippen LogP contribution in [0.5, 0.6) is 0 Å². The minimum atomic E-state index is -3.45. The number of fused-ring (bicyclic) bond motifs is 2. The molecule has 3 rings (SSSR count). The molecule has 3 fully saturated rings. The number of hydrogen-bond acceptors (Lipinski definition) is 3. The van der Waals surface area contributed by atoms with Crippen molar-refractivity contribution in [2.75, 3.05) is 13.1 Å². The zero-order valence-corrected chi connectivity index (χ0v) is 12.3. The molecule has 0 aromatic carbocycles. The summed E-state index contributed by atoms with van der Waals surface area (Å²) in [5.74, 6) is -0.0103. The van der Waals surface area contributed by atoms with Gasteiger partial charge in [-0.15, -0.1) is 0 Å². The van der Waals surface area contributed by atoms with Crippen LogP contribution in [0.15, 0.2) is 0 Å². The summed E-state index contributed by atoms with van der Waals surface area (Å²) in [5, 5.41) is 8.95. The SMILES string of the molecule is O=C(O)C1CCN(S(=O)(=O)NC2CC3CCC2C3)CC1. The molecule has 0 aromatic rings. The van der Waals surface area contributed by atoms with E-state index < -0.39 is 22.1 Å². The van der Waals surface area contributed by atoms with Crippen molar-refractivity contribution in [3.05, 3.63) is 0 Å². The molecule has 3 unspecified atom stereocenters. The van der Waals surface area contributed by atoms with E-state index in [1.807, 2.05) is 0 Å². The number of carboxylic acid groups (broad SMARTS) is 1. The Balaban J connectivity index is 1.57. The number of hydrogen-bond donors (Lipinski definition) is 2. The van der Waals surface area contributed by atoms with Crippen LogP contribution in [0.1, 0.15) is 38.5 Å². The molecule has 3 atom stereocenters. The molecule has 0 aromatic heterocycles. The largest absolute Gasteiger partial charge is 0.481 e. The number of aliphatic carboxylic acids is 1. The normalized spacial score (nSPS) is 35.5. The lowest BCUT2D eigenvalue weighted by molar-refractivity contribution is -0.142. The van der Waals surface area contributed by atoms with Crippen LogP contribution < -0.4 is 4.72 Å². The van der Waals surface area contributed by atoms with Crippen LogP contribution in [-0.2, 0) is 15.0 Å². The molecule has 0 amide bonds. The molecule has 0 spiro atoms. The summed E-state index contributed by atoms with van der Waals surface area (Å²) in [4.78, 5) is 10.9. The number of piperidine rings is 1. The van der Waals surface area contributed by atoms with E-state index in [9.17, 15) is 13.2 Å². The van der Waals surface area contributed by atoms with E-state index in [-0.39, 0.29) is 6.04 Å². The first-order valence-electron chi connectivity index (χ1n) is 7.46. The highest BCUT2D eigenvalue weighted by Crippen LogP contribution is 2.44. The van der Waals surface area contributed by atoms with Crippen molar-refractivity contribution in [1.82, 2.24) is 9.03 Å². The minimum absolute atomic E-state index is 0.0935. The molecule has 2 aliphatic carbocycles. The van der Waals surface area contributed by atoms with Crippen molar-refractivity contribution in [2.24, 2.45) is 17.8 Å². The topological polar surface area (TPSA) is 86.7 Å². The Kier molecular flexibility index (Phi) is 3.77. The van der Waals surface area contributed by atoms with Gasteiger partial charge in [0.15, 0.2) is 0 Å². The quantitative estimate of drug-likeness (QED) is 0.804. The molecule has 3 aliphatic rings. The van der Waals surface area contributed by atoms with Crippen LogP contribution in [0.3, 0.4) is 0 Å². The van der Waals surface area contributed by atoms with E-state index in [1.165, 1.54) is 10.7 Å². The van der Waals surface area contributed by atoms with E-state index in [0.29, 0.717) is 37.8 Å². The maximum Gasteiger partial charge on any atom is 0.306 e. The smallest absolute Gasteiger partial charge is 0.306 e. The van der Waals surface area contributed by atoms with E-state index in [4.69, 9.17) is 5.11 Å². The van der Waals surface area contributed by atoms with Gasteiger partial charge in [0.2, 0.25) is 0 Å². The van der Waals surface area contributed by atoms with Gasteiger partial charge in [-0.05, 0) is 43.9 Å². The molecule has 1 saturated heterocycles. The van der Waals surface area contributed by atoms with Crippen LogP contribution >= 0.6 is 0 Å². The predicted molar refractivity (Wildman–Crippen MR) is 73.2 cm³/mol. The van der Waals surface area contributed by atoms with Gasteiger partial charge in [0.25, 0.3) is 10.2 Å². The van der Waals surface area contributed by atoms with Gasteiger partial charge in [0.1, 0.15) is 0 Å². The third-order valence-corrected chi connectivity index (χ3v) is 6.83. The first-order valence-corrected chi connectivity index (χ1v) is 8.90. The highest BCUT2D eigenvalue weighted by Gasteiger charge is 2.42. The summed E-state index contributed by atoms with van der Waals surface area (Å²) in [7, 11) is -3.45. The average Bonchev–Trinajstić information content (AvgIpc) is 3.00. The van der Waals surface area contributed by atoms with Gasteiger partial charge in [0, 0.05) is 19.1 Å². The molecular weight excluding hydrogens is 280 g/mol. The zero-order chi connectivity index (χ0) is 14.3. The fourth-order valence-corrected chi connectivity index (χ4v) is 5.51. The van der Waals surface area contributed by atoms with E-state index in [1.54, 1.807) is 0 Å². The molecule has 0 radical (unpaired) electrons. The van der Waals surface area contributed by atoms with Gasteiger partial charge in [0.05, 0.1) is 5.92 Å². The standard InChI is InChI=1S/C13H22N2O4S/c16-13(17)10-3-5-15(6-4-10)20(18,19)14-12-8-9-1-2-11(12)7-9/h9-12,14H,1-8H2,(H,16,17). The number of nitrogens with one attached hydrogen (secondary N) is 1. The van der Waals surface area contributed by atoms with E-state index in [2.05, 4.69) is 4.72 Å². The van der Waals surface area contributed by atoms with Crippen LogP contribution in [0.25, 0.3) is 0 Å². The van der Waals surface area contributed by atoms with Crippen molar-refractivity contribution in [3.8, 4) is 0 Å². The monoisotopic (exact) mass is 302 g/mol. The molecule has 2 bridgehead atoms. The highest BCUT2D eigenvalue weighted by atomic mass is 32.2. The fourth-order valence-electron chi connectivity index (χ4n) is 4.00. The van der Waals surface area contributed by atoms with Gasteiger partial charge in [-0.2, -0.15) is 17.4 Å². The summed E-state index contributed by atoms with van der Waals surface area (Å²) in [5.41, 5.74) is 0. The number of rotatable bonds is 4. The Bertz CT molecular complexity index is 485. The lowest BCUT2D eigenvalue weighted by Gasteiger charge is -2.32. The highest BCUT2D eigenvalue weighted by molar-refractivity contribution is 7.87. The molecule has 1 heterocycles. The summed E-state index contributed by atoms with van der Waals surface area (Å²) in [6.07, 6.45) is 5.33. The van der Waals surface area contributed by atoms with Crippen LogP contribution in [0, 0.1) is 17.8 Å². The van der Waals surface area contributed by atoms with Crippen molar-refractivity contribution in [1.29, 1.82) is 0 Å². The van der Waals surface area contributed by atoms with Crippen molar-refractivity contribution in [3.63, 3.8) is 0 Å². The second-order valence-electron chi connectivity index (χ2n) is 6.42. The van der Waals surface area contributed by atoms with Gasteiger partial charge >= 0.3 is 5.97 Å². The van der Waals surface area contributed by atoms with Gasteiger partial charge in [-0.3, -0.25) is 4.79 Å². The Morgan fingerprint density at radius 3 is 2.30 bits per heavy atom. The molecule has 2 saturated carbocycles. The molecule has 6 nitrogen and oxygen atoms in total. The fraction of sp³-hybridized carbons (Fsp3) is 0.923. The third-order valence-electron chi connectivity index (χ3n) is 5.18.